The highest BCUT2D eigenvalue weighted by atomic mass is 19.4. The molecule has 5 rings (SSSR count). The number of benzene rings is 2. The minimum atomic E-state index is -4.36. The maximum atomic E-state index is 13.3. The zero-order valence-corrected chi connectivity index (χ0v) is 16.9. The third kappa shape index (κ3) is 3.62. The first kappa shape index (κ1) is 19.6. The average Bonchev–Trinajstić information content (AvgIpc) is 3.12. The van der Waals surface area contributed by atoms with E-state index in [9.17, 15) is 13.2 Å². The third-order valence-electron chi connectivity index (χ3n) is 6.75. The van der Waals surface area contributed by atoms with E-state index in [1.54, 1.807) is 6.07 Å². The SMILES string of the molecule is FC(F)(F)c1ccc2c(c1)nc(-c1ccccc1)n2C[C@@H]1CCCN2CCCC[C@H]12. The van der Waals surface area contributed by atoms with Gasteiger partial charge in [0.15, 0.2) is 0 Å². The van der Waals surface area contributed by atoms with E-state index in [1.165, 1.54) is 50.9 Å². The molecule has 30 heavy (non-hydrogen) atoms. The first-order valence-electron chi connectivity index (χ1n) is 10.9. The first-order valence-corrected chi connectivity index (χ1v) is 10.9. The van der Waals surface area contributed by atoms with Crippen molar-refractivity contribution in [3.8, 4) is 11.4 Å². The largest absolute Gasteiger partial charge is 0.416 e. The van der Waals surface area contributed by atoms with Crippen LogP contribution in [-0.2, 0) is 12.7 Å². The van der Waals surface area contributed by atoms with Crippen molar-refractivity contribution in [3.05, 3.63) is 54.1 Å². The van der Waals surface area contributed by atoms with Crippen molar-refractivity contribution in [3.63, 3.8) is 0 Å². The zero-order chi connectivity index (χ0) is 20.7. The summed E-state index contributed by atoms with van der Waals surface area (Å²) in [6.45, 7) is 3.14. The minimum Gasteiger partial charge on any atom is -0.324 e. The summed E-state index contributed by atoms with van der Waals surface area (Å²) in [4.78, 5) is 7.30. The van der Waals surface area contributed by atoms with Crippen molar-refractivity contribution < 1.29 is 13.2 Å². The lowest BCUT2D eigenvalue weighted by atomic mass is 9.83. The van der Waals surface area contributed by atoms with Crippen molar-refractivity contribution in [1.82, 2.24) is 14.5 Å². The Hall–Kier alpha value is -2.34. The van der Waals surface area contributed by atoms with E-state index in [0.29, 0.717) is 17.5 Å². The molecule has 2 aliphatic heterocycles. The summed E-state index contributed by atoms with van der Waals surface area (Å²) in [7, 11) is 0. The lowest BCUT2D eigenvalue weighted by Gasteiger charge is -2.44. The molecule has 6 heteroatoms. The predicted molar refractivity (Wildman–Crippen MR) is 112 cm³/mol. The Bertz CT molecular complexity index is 1020. The molecule has 0 radical (unpaired) electrons. The predicted octanol–water partition coefficient (Wildman–Crippen LogP) is 5.99. The van der Waals surface area contributed by atoms with E-state index < -0.39 is 11.7 Å². The number of rotatable bonds is 3. The van der Waals surface area contributed by atoms with Crippen molar-refractivity contribution in [2.45, 2.75) is 50.9 Å². The van der Waals surface area contributed by atoms with Crippen LogP contribution >= 0.6 is 0 Å². The fourth-order valence-corrected chi connectivity index (χ4v) is 5.32. The van der Waals surface area contributed by atoms with Gasteiger partial charge in [-0.2, -0.15) is 13.2 Å². The van der Waals surface area contributed by atoms with Gasteiger partial charge in [-0.3, -0.25) is 0 Å². The Morgan fingerprint density at radius 3 is 2.53 bits per heavy atom. The zero-order valence-electron chi connectivity index (χ0n) is 16.9. The van der Waals surface area contributed by atoms with Crippen LogP contribution in [0.25, 0.3) is 22.4 Å². The molecule has 2 saturated heterocycles. The second-order valence-corrected chi connectivity index (χ2v) is 8.61. The standard InChI is InChI=1S/C24H26F3N3/c25-24(26,27)19-11-12-22-20(15-19)28-23(17-7-2-1-3-8-17)30(22)16-18-9-6-14-29-13-5-4-10-21(18)29/h1-3,7-8,11-12,15,18,21H,4-6,9-10,13-14,16H2/t18-,21+/m0/s1. The summed E-state index contributed by atoms with van der Waals surface area (Å²) >= 11 is 0. The number of alkyl halides is 3. The number of hydrogen-bond acceptors (Lipinski definition) is 2. The van der Waals surface area contributed by atoms with Gasteiger partial charge in [-0.15, -0.1) is 0 Å². The van der Waals surface area contributed by atoms with Gasteiger partial charge in [0, 0.05) is 18.2 Å². The highest BCUT2D eigenvalue weighted by Gasteiger charge is 2.34. The number of nitrogens with zero attached hydrogens (tertiary/aromatic N) is 3. The van der Waals surface area contributed by atoms with Crippen LogP contribution in [0.2, 0.25) is 0 Å². The summed E-state index contributed by atoms with van der Waals surface area (Å²) in [5, 5.41) is 0. The Morgan fingerprint density at radius 1 is 0.933 bits per heavy atom. The quantitative estimate of drug-likeness (QED) is 0.526. The topological polar surface area (TPSA) is 21.1 Å². The van der Waals surface area contributed by atoms with Gasteiger partial charge < -0.3 is 9.47 Å². The van der Waals surface area contributed by atoms with Gasteiger partial charge in [-0.05, 0) is 62.9 Å². The number of halogens is 3. The highest BCUT2D eigenvalue weighted by Crippen LogP contribution is 2.36. The van der Waals surface area contributed by atoms with Crippen LogP contribution in [-0.4, -0.2) is 33.6 Å². The summed E-state index contributed by atoms with van der Waals surface area (Å²) in [6.07, 6.45) is 1.74. The highest BCUT2D eigenvalue weighted by molar-refractivity contribution is 5.81. The van der Waals surface area contributed by atoms with Gasteiger partial charge >= 0.3 is 6.18 Å². The molecular formula is C24H26F3N3. The summed E-state index contributed by atoms with van der Waals surface area (Å²) in [6, 6.07) is 14.3. The van der Waals surface area contributed by atoms with Crippen molar-refractivity contribution in [2.24, 2.45) is 5.92 Å². The van der Waals surface area contributed by atoms with Crippen LogP contribution in [0.4, 0.5) is 13.2 Å². The van der Waals surface area contributed by atoms with Gasteiger partial charge in [-0.25, -0.2) is 4.98 Å². The van der Waals surface area contributed by atoms with E-state index in [1.807, 2.05) is 30.3 Å². The molecule has 3 heterocycles. The summed E-state index contributed by atoms with van der Waals surface area (Å²) < 4.78 is 42.0. The van der Waals surface area contributed by atoms with Crippen LogP contribution in [0, 0.1) is 5.92 Å². The molecule has 0 amide bonds. The molecule has 3 aromatic rings. The third-order valence-corrected chi connectivity index (χ3v) is 6.75. The van der Waals surface area contributed by atoms with Gasteiger partial charge in [0.25, 0.3) is 0 Å². The van der Waals surface area contributed by atoms with E-state index in [2.05, 4.69) is 14.5 Å². The molecule has 2 fully saturated rings. The average molecular weight is 413 g/mol. The second kappa shape index (κ2) is 7.73. The van der Waals surface area contributed by atoms with Gasteiger partial charge in [0.05, 0.1) is 16.6 Å². The molecule has 0 unspecified atom stereocenters. The molecule has 0 N–H and O–H groups in total. The first-order chi connectivity index (χ1) is 14.5. The smallest absolute Gasteiger partial charge is 0.324 e. The van der Waals surface area contributed by atoms with Crippen molar-refractivity contribution in [1.29, 1.82) is 0 Å². The van der Waals surface area contributed by atoms with E-state index in [-0.39, 0.29) is 0 Å². The van der Waals surface area contributed by atoms with Crippen LogP contribution in [0.3, 0.4) is 0 Å². The molecule has 0 bridgehead atoms. The van der Waals surface area contributed by atoms with Gasteiger partial charge in [0.2, 0.25) is 0 Å². The van der Waals surface area contributed by atoms with E-state index >= 15 is 0 Å². The number of imidazole rings is 1. The molecule has 0 saturated carbocycles. The maximum absolute atomic E-state index is 13.3. The number of fused-ring (bicyclic) bond motifs is 2. The molecule has 2 aromatic carbocycles. The Kier molecular flexibility index (Phi) is 5.05. The maximum Gasteiger partial charge on any atom is 0.416 e. The monoisotopic (exact) mass is 413 g/mol. The van der Waals surface area contributed by atoms with Crippen LogP contribution in [0.15, 0.2) is 48.5 Å². The van der Waals surface area contributed by atoms with Crippen LogP contribution in [0.1, 0.15) is 37.7 Å². The second-order valence-electron chi connectivity index (χ2n) is 8.61. The fourth-order valence-electron chi connectivity index (χ4n) is 5.32. The molecule has 0 aliphatic carbocycles. The lowest BCUT2D eigenvalue weighted by Crippen LogP contribution is -2.49. The van der Waals surface area contributed by atoms with Crippen LogP contribution in [0.5, 0.6) is 0 Å². The molecule has 1 aromatic heterocycles. The van der Waals surface area contributed by atoms with E-state index in [4.69, 9.17) is 0 Å². The number of aromatic nitrogens is 2. The lowest BCUT2D eigenvalue weighted by molar-refractivity contribution is -0.137. The molecule has 2 atom stereocenters. The Labute approximate surface area is 174 Å². The van der Waals surface area contributed by atoms with Gasteiger partial charge in [0.1, 0.15) is 5.82 Å². The fraction of sp³-hybridized carbons (Fsp3) is 0.458. The van der Waals surface area contributed by atoms with Crippen molar-refractivity contribution in [2.75, 3.05) is 13.1 Å². The minimum absolute atomic E-state index is 0.417. The number of piperidine rings is 2. The molecule has 3 nitrogen and oxygen atoms in total. The Morgan fingerprint density at radius 2 is 1.73 bits per heavy atom. The Balaban J connectivity index is 1.58. The van der Waals surface area contributed by atoms with Gasteiger partial charge in [-0.1, -0.05) is 36.8 Å². The van der Waals surface area contributed by atoms with E-state index in [0.717, 1.165) is 29.9 Å². The summed E-state index contributed by atoms with van der Waals surface area (Å²) in [5.74, 6) is 1.26. The number of hydrogen-bond donors (Lipinski definition) is 0. The summed E-state index contributed by atoms with van der Waals surface area (Å²) in [5.41, 5.74) is 1.50. The molecule has 2 aliphatic rings. The molecular weight excluding hydrogens is 387 g/mol. The van der Waals surface area contributed by atoms with Crippen molar-refractivity contribution >= 4 is 11.0 Å². The normalized spacial score (nSPS) is 22.9. The van der Waals surface area contributed by atoms with Crippen LogP contribution < -0.4 is 0 Å². The molecule has 158 valence electrons. The molecule has 0 spiro atoms.